The van der Waals surface area contributed by atoms with Gasteiger partial charge in [-0.1, -0.05) is 27.2 Å². The third-order valence-electron chi connectivity index (χ3n) is 8.84. The van der Waals surface area contributed by atoms with Crippen molar-refractivity contribution in [2.75, 3.05) is 7.11 Å². The highest BCUT2D eigenvalue weighted by molar-refractivity contribution is 5.90. The van der Waals surface area contributed by atoms with Crippen molar-refractivity contribution in [3.05, 3.63) is 0 Å². The fourth-order valence-corrected chi connectivity index (χ4v) is 7.53. The number of rotatable bonds is 2. The second-order valence-electron chi connectivity index (χ2n) is 10.3. The van der Waals surface area contributed by atoms with Crippen molar-refractivity contribution in [3.63, 3.8) is 0 Å². The Balaban J connectivity index is 1.69. The van der Waals surface area contributed by atoms with Crippen LogP contribution in [0.5, 0.6) is 0 Å². The number of hydrogen-bond acceptors (Lipinski definition) is 4. The summed E-state index contributed by atoms with van der Waals surface area (Å²) in [6.45, 7) is 6.61. The van der Waals surface area contributed by atoms with Gasteiger partial charge in [-0.15, -0.1) is 0 Å². The maximum Gasteiger partial charge on any atom is 0.308 e. The van der Waals surface area contributed by atoms with E-state index in [4.69, 9.17) is 9.47 Å². The third kappa shape index (κ3) is 2.89. The minimum atomic E-state index is -0.531. The predicted octanol–water partition coefficient (Wildman–Crippen LogP) is 4.54. The Morgan fingerprint density at radius 3 is 2.67 bits per heavy atom. The monoisotopic (exact) mass is 376 g/mol. The summed E-state index contributed by atoms with van der Waals surface area (Å²) in [5.41, 5.74) is -0.629. The number of ketones is 1. The molecule has 8 atom stereocenters. The molecule has 0 aromatic heterocycles. The Hall–Kier alpha value is -0.900. The Morgan fingerprint density at radius 2 is 1.93 bits per heavy atom. The molecule has 4 heteroatoms. The van der Waals surface area contributed by atoms with E-state index >= 15 is 0 Å². The Morgan fingerprint density at radius 1 is 1.19 bits per heavy atom. The maximum absolute atomic E-state index is 13.6. The smallest absolute Gasteiger partial charge is 0.308 e. The van der Waals surface area contributed by atoms with E-state index < -0.39 is 5.60 Å². The second kappa shape index (κ2) is 6.86. The molecule has 0 unspecified atom stereocenters. The molecule has 4 fully saturated rings. The summed E-state index contributed by atoms with van der Waals surface area (Å²) in [4.78, 5) is 25.9. The van der Waals surface area contributed by atoms with Crippen molar-refractivity contribution in [1.29, 1.82) is 0 Å². The van der Waals surface area contributed by atoms with E-state index in [9.17, 15) is 9.59 Å². The fourth-order valence-electron chi connectivity index (χ4n) is 7.53. The number of fused-ring (bicyclic) bond motifs is 3. The number of ether oxygens (including phenoxy) is 2. The minimum Gasteiger partial charge on any atom is -0.469 e. The molecule has 4 nitrogen and oxygen atoms in total. The molecule has 2 saturated carbocycles. The first-order valence-electron chi connectivity index (χ1n) is 11.1. The van der Waals surface area contributed by atoms with Gasteiger partial charge in [0.25, 0.3) is 0 Å². The quantitative estimate of drug-likeness (QED) is 0.664. The molecular formula is C23H36O4. The molecule has 0 radical (unpaired) electrons. The lowest BCUT2D eigenvalue weighted by Crippen LogP contribution is -2.62. The number of methoxy groups -OCH3 is 1. The number of hydrogen-bond donors (Lipinski definition) is 0. The molecule has 2 aliphatic heterocycles. The van der Waals surface area contributed by atoms with E-state index in [0.29, 0.717) is 30.0 Å². The zero-order chi connectivity index (χ0) is 19.4. The Kier molecular flexibility index (Phi) is 4.93. The van der Waals surface area contributed by atoms with Crippen LogP contribution in [0, 0.1) is 35.0 Å². The van der Waals surface area contributed by atoms with Gasteiger partial charge in [0, 0.05) is 6.42 Å². The van der Waals surface area contributed by atoms with Crippen LogP contribution in [0.2, 0.25) is 0 Å². The van der Waals surface area contributed by atoms with Gasteiger partial charge in [-0.2, -0.15) is 0 Å². The maximum atomic E-state index is 13.6. The highest BCUT2D eigenvalue weighted by Crippen LogP contribution is 2.64. The Labute approximate surface area is 163 Å². The lowest BCUT2D eigenvalue weighted by molar-refractivity contribution is -0.213. The molecule has 0 N–H and O–H groups in total. The van der Waals surface area contributed by atoms with Crippen molar-refractivity contribution in [2.24, 2.45) is 35.0 Å². The van der Waals surface area contributed by atoms with Gasteiger partial charge in [0.2, 0.25) is 0 Å². The molecule has 27 heavy (non-hydrogen) atoms. The van der Waals surface area contributed by atoms with Gasteiger partial charge in [0.1, 0.15) is 5.60 Å². The van der Waals surface area contributed by atoms with Crippen LogP contribution < -0.4 is 0 Å². The van der Waals surface area contributed by atoms with Crippen molar-refractivity contribution in [3.8, 4) is 0 Å². The first-order valence-corrected chi connectivity index (χ1v) is 11.1. The molecule has 0 aromatic rings. The van der Waals surface area contributed by atoms with Crippen LogP contribution in [0.4, 0.5) is 0 Å². The van der Waals surface area contributed by atoms with Crippen molar-refractivity contribution in [1.82, 2.24) is 0 Å². The van der Waals surface area contributed by atoms with Gasteiger partial charge in [0.05, 0.1) is 19.1 Å². The van der Waals surface area contributed by atoms with Gasteiger partial charge >= 0.3 is 5.97 Å². The summed E-state index contributed by atoms with van der Waals surface area (Å²) in [5, 5.41) is 0. The zero-order valence-electron chi connectivity index (χ0n) is 17.5. The molecule has 2 bridgehead atoms. The summed E-state index contributed by atoms with van der Waals surface area (Å²) in [5.74, 6) is 1.77. The normalized spacial score (nSPS) is 48.0. The van der Waals surface area contributed by atoms with Crippen molar-refractivity contribution >= 4 is 11.8 Å². The van der Waals surface area contributed by atoms with E-state index in [1.807, 2.05) is 6.92 Å². The van der Waals surface area contributed by atoms with E-state index in [2.05, 4.69) is 13.8 Å². The van der Waals surface area contributed by atoms with Gasteiger partial charge < -0.3 is 9.47 Å². The molecular weight excluding hydrogens is 340 g/mol. The first kappa shape index (κ1) is 19.4. The largest absolute Gasteiger partial charge is 0.469 e. The molecule has 2 aliphatic carbocycles. The summed E-state index contributed by atoms with van der Waals surface area (Å²) in [6, 6.07) is 0. The fraction of sp³-hybridized carbons (Fsp3) is 0.913. The molecule has 2 saturated heterocycles. The van der Waals surface area contributed by atoms with Gasteiger partial charge in [0.15, 0.2) is 5.78 Å². The summed E-state index contributed by atoms with van der Waals surface area (Å²) in [7, 11) is 1.47. The van der Waals surface area contributed by atoms with Gasteiger partial charge in [-0.05, 0) is 74.0 Å². The van der Waals surface area contributed by atoms with Crippen LogP contribution in [0.1, 0.15) is 78.6 Å². The van der Waals surface area contributed by atoms with Crippen LogP contribution in [0.25, 0.3) is 0 Å². The molecule has 4 aliphatic rings. The standard InChI is InChI=1S/C23H36O4/c1-14-7-8-19-18-10-9-17(15(2)21(25)26-4)22(18,3)13-20(24)23(19)11-5-6-16(12-14)27-23/h14-19H,5-13H2,1-4H3/t14-,15-,16+,17-,18+,19-,22+,23-/m0/s1. The number of esters is 1. The molecule has 2 heterocycles. The first-order chi connectivity index (χ1) is 12.8. The molecule has 0 aromatic carbocycles. The van der Waals surface area contributed by atoms with Gasteiger partial charge in [-0.3, -0.25) is 9.59 Å². The molecule has 1 spiro atoms. The van der Waals surface area contributed by atoms with Crippen LogP contribution >= 0.6 is 0 Å². The topological polar surface area (TPSA) is 52.6 Å². The SMILES string of the molecule is COC(=O)[C@@H](C)[C@@H]1CC[C@@H]2[C@@H]3CC[C@H](C)C[C@H]4CCC[C@@]3(O4)C(=O)C[C@@]21C. The van der Waals surface area contributed by atoms with Crippen molar-refractivity contribution < 1.29 is 19.1 Å². The number of carbonyl (C=O) groups is 2. The zero-order valence-corrected chi connectivity index (χ0v) is 17.5. The van der Waals surface area contributed by atoms with E-state index in [1.165, 1.54) is 13.5 Å². The molecule has 152 valence electrons. The highest BCUT2D eigenvalue weighted by Gasteiger charge is 2.65. The lowest BCUT2D eigenvalue weighted by Gasteiger charge is -2.57. The molecule has 4 rings (SSSR count). The average Bonchev–Trinajstić information content (AvgIpc) is 2.96. The second-order valence-corrected chi connectivity index (χ2v) is 10.3. The summed E-state index contributed by atoms with van der Waals surface area (Å²) in [6.07, 6.45) is 9.50. The van der Waals surface area contributed by atoms with E-state index in [0.717, 1.165) is 44.9 Å². The summed E-state index contributed by atoms with van der Waals surface area (Å²) < 4.78 is 11.7. The van der Waals surface area contributed by atoms with Crippen LogP contribution in [0.3, 0.4) is 0 Å². The average molecular weight is 377 g/mol. The number of Topliss-reactive ketones (excluding diaryl/α,β-unsaturated/α-hetero) is 1. The Bertz CT molecular complexity index is 615. The van der Waals surface area contributed by atoms with Crippen LogP contribution in [-0.2, 0) is 19.1 Å². The molecule has 0 amide bonds. The van der Waals surface area contributed by atoms with Crippen LogP contribution in [0.15, 0.2) is 0 Å². The van der Waals surface area contributed by atoms with E-state index in [1.54, 1.807) is 0 Å². The number of carbonyl (C=O) groups excluding carboxylic acids is 2. The third-order valence-corrected chi connectivity index (χ3v) is 8.84. The highest BCUT2D eigenvalue weighted by atomic mass is 16.5. The van der Waals surface area contributed by atoms with Gasteiger partial charge in [-0.25, -0.2) is 0 Å². The van der Waals surface area contributed by atoms with E-state index in [-0.39, 0.29) is 29.3 Å². The van der Waals surface area contributed by atoms with Crippen LogP contribution in [-0.4, -0.2) is 30.6 Å². The minimum absolute atomic E-state index is 0.0979. The lowest BCUT2D eigenvalue weighted by atomic mass is 9.52. The predicted molar refractivity (Wildman–Crippen MR) is 103 cm³/mol. The van der Waals surface area contributed by atoms with Crippen molar-refractivity contribution in [2.45, 2.75) is 90.3 Å². The summed E-state index contributed by atoms with van der Waals surface area (Å²) >= 11 is 0.